The normalized spacial score (nSPS) is 10.9. The van der Waals surface area contributed by atoms with Crippen molar-refractivity contribution in [1.29, 1.82) is 0 Å². The Hall–Kier alpha value is -2.04. The number of methoxy groups -OCH3 is 1. The van der Waals surface area contributed by atoms with Crippen LogP contribution in [0.4, 0.5) is 10.5 Å². The lowest BCUT2D eigenvalue weighted by Crippen LogP contribution is -2.27. The molecule has 0 fully saturated rings. The van der Waals surface area contributed by atoms with Gasteiger partial charge in [-0.25, -0.2) is 4.79 Å². The number of rotatable bonds is 5. The minimum absolute atomic E-state index is 0.196. The molecule has 1 rings (SSSR count). The quantitative estimate of drug-likeness (QED) is 0.843. The van der Waals surface area contributed by atoms with Crippen molar-refractivity contribution in [2.24, 2.45) is 0 Å². The largest absolute Gasteiger partial charge is 0.469 e. The number of benzene rings is 1. The van der Waals surface area contributed by atoms with E-state index in [4.69, 9.17) is 4.74 Å². The minimum atomic E-state index is -0.516. The Morgan fingerprint density at radius 2 is 1.76 bits per heavy atom. The molecule has 1 N–H and O–H groups in total. The van der Waals surface area contributed by atoms with Crippen molar-refractivity contribution in [3.63, 3.8) is 0 Å². The van der Waals surface area contributed by atoms with Crippen LogP contribution in [0.2, 0.25) is 0 Å². The smallest absolute Gasteiger partial charge is 0.412 e. The summed E-state index contributed by atoms with van der Waals surface area (Å²) in [6, 6.07) is 7.47. The van der Waals surface area contributed by atoms with Crippen molar-refractivity contribution in [3.05, 3.63) is 29.8 Å². The van der Waals surface area contributed by atoms with E-state index in [0.717, 1.165) is 18.4 Å². The molecule has 0 atom stereocenters. The summed E-state index contributed by atoms with van der Waals surface area (Å²) in [6.07, 6.45) is 1.47. The number of esters is 1. The summed E-state index contributed by atoms with van der Waals surface area (Å²) in [5.41, 5.74) is 1.27. The zero-order chi connectivity index (χ0) is 15.9. The van der Waals surface area contributed by atoms with E-state index in [1.807, 2.05) is 45.0 Å². The van der Waals surface area contributed by atoms with E-state index in [0.29, 0.717) is 12.1 Å². The Labute approximate surface area is 125 Å². The molecule has 0 saturated heterocycles. The lowest BCUT2D eigenvalue weighted by atomic mass is 10.1. The molecule has 1 amide bonds. The fourth-order valence-electron chi connectivity index (χ4n) is 1.72. The van der Waals surface area contributed by atoms with Gasteiger partial charge in [0.15, 0.2) is 0 Å². The van der Waals surface area contributed by atoms with E-state index in [1.54, 1.807) is 0 Å². The number of aryl methyl sites for hydroxylation is 1. The maximum absolute atomic E-state index is 11.6. The fourth-order valence-corrected chi connectivity index (χ4v) is 1.72. The first kappa shape index (κ1) is 17.0. The number of nitrogens with one attached hydrogen (secondary N) is 1. The van der Waals surface area contributed by atoms with Crippen LogP contribution in [0.25, 0.3) is 0 Å². The van der Waals surface area contributed by atoms with E-state index < -0.39 is 11.7 Å². The fraction of sp³-hybridized carbons (Fsp3) is 0.500. The van der Waals surface area contributed by atoms with Gasteiger partial charge in [0.1, 0.15) is 5.60 Å². The Morgan fingerprint density at radius 3 is 2.29 bits per heavy atom. The van der Waals surface area contributed by atoms with Gasteiger partial charge >= 0.3 is 12.1 Å². The van der Waals surface area contributed by atoms with Gasteiger partial charge in [-0.3, -0.25) is 10.1 Å². The maximum Gasteiger partial charge on any atom is 0.412 e. The summed E-state index contributed by atoms with van der Waals surface area (Å²) in [7, 11) is 1.39. The molecule has 5 nitrogen and oxygen atoms in total. The van der Waals surface area contributed by atoms with E-state index in [1.165, 1.54) is 7.11 Å². The van der Waals surface area contributed by atoms with Crippen molar-refractivity contribution in [1.82, 2.24) is 0 Å². The SMILES string of the molecule is COC(=O)CCCc1ccc(NC(=O)OC(C)(C)C)cc1. The molecule has 0 saturated carbocycles. The predicted molar refractivity (Wildman–Crippen MR) is 81.3 cm³/mol. The first-order chi connectivity index (χ1) is 9.80. The van der Waals surface area contributed by atoms with Crippen molar-refractivity contribution in [2.45, 2.75) is 45.6 Å². The Kier molecular flexibility index (Phi) is 6.21. The highest BCUT2D eigenvalue weighted by atomic mass is 16.6. The molecular formula is C16H23NO4. The zero-order valence-corrected chi connectivity index (χ0v) is 13.1. The van der Waals surface area contributed by atoms with Crippen LogP contribution in [0, 0.1) is 0 Å². The molecule has 0 aliphatic carbocycles. The number of carbonyl (C=O) groups excluding carboxylic acids is 2. The van der Waals surface area contributed by atoms with Crippen molar-refractivity contribution >= 4 is 17.7 Å². The Morgan fingerprint density at radius 1 is 1.14 bits per heavy atom. The predicted octanol–water partition coefficient (Wildman–Crippen LogP) is 3.53. The van der Waals surface area contributed by atoms with Crippen LogP contribution in [0.5, 0.6) is 0 Å². The molecule has 0 bridgehead atoms. The van der Waals surface area contributed by atoms with Crippen LogP contribution in [0.3, 0.4) is 0 Å². The molecule has 116 valence electrons. The second-order valence-corrected chi connectivity index (χ2v) is 5.75. The van der Waals surface area contributed by atoms with E-state index >= 15 is 0 Å². The second kappa shape index (κ2) is 7.67. The standard InChI is InChI=1S/C16H23NO4/c1-16(2,3)21-15(19)17-13-10-8-12(9-11-13)6-5-7-14(18)20-4/h8-11H,5-7H2,1-4H3,(H,17,19). The average Bonchev–Trinajstić information content (AvgIpc) is 2.38. The number of hydrogen-bond donors (Lipinski definition) is 1. The van der Waals surface area contributed by atoms with Gasteiger partial charge in [-0.2, -0.15) is 0 Å². The molecule has 0 aliphatic heterocycles. The Bertz CT molecular complexity index is 474. The van der Waals surface area contributed by atoms with Crippen LogP contribution in [-0.2, 0) is 20.7 Å². The van der Waals surface area contributed by atoms with Crippen LogP contribution in [0.1, 0.15) is 39.2 Å². The van der Waals surface area contributed by atoms with Crippen molar-refractivity contribution < 1.29 is 19.1 Å². The highest BCUT2D eigenvalue weighted by molar-refractivity contribution is 5.84. The van der Waals surface area contributed by atoms with Crippen molar-refractivity contribution in [2.75, 3.05) is 12.4 Å². The van der Waals surface area contributed by atoms with Gasteiger partial charge in [-0.1, -0.05) is 12.1 Å². The lowest BCUT2D eigenvalue weighted by molar-refractivity contribution is -0.140. The molecule has 0 aromatic heterocycles. The maximum atomic E-state index is 11.6. The molecule has 0 aliphatic rings. The molecule has 5 heteroatoms. The molecule has 21 heavy (non-hydrogen) atoms. The second-order valence-electron chi connectivity index (χ2n) is 5.75. The summed E-state index contributed by atoms with van der Waals surface area (Å²) < 4.78 is 9.76. The minimum Gasteiger partial charge on any atom is -0.469 e. The van der Waals surface area contributed by atoms with Gasteiger partial charge in [0.05, 0.1) is 7.11 Å². The van der Waals surface area contributed by atoms with Gasteiger partial charge in [-0.15, -0.1) is 0 Å². The summed E-state index contributed by atoms with van der Waals surface area (Å²) in [5.74, 6) is -0.196. The summed E-state index contributed by atoms with van der Waals surface area (Å²) in [5, 5.41) is 2.67. The van der Waals surface area contributed by atoms with Gasteiger partial charge in [-0.05, 0) is 51.3 Å². The van der Waals surface area contributed by atoms with Gasteiger partial charge in [0.2, 0.25) is 0 Å². The van der Waals surface area contributed by atoms with Crippen LogP contribution in [0.15, 0.2) is 24.3 Å². The van der Waals surface area contributed by atoms with E-state index in [9.17, 15) is 9.59 Å². The first-order valence-electron chi connectivity index (χ1n) is 6.96. The summed E-state index contributed by atoms with van der Waals surface area (Å²) in [4.78, 5) is 22.6. The number of carbonyl (C=O) groups is 2. The zero-order valence-electron chi connectivity index (χ0n) is 13.1. The monoisotopic (exact) mass is 293 g/mol. The van der Waals surface area contributed by atoms with Crippen LogP contribution >= 0.6 is 0 Å². The van der Waals surface area contributed by atoms with Gasteiger partial charge < -0.3 is 9.47 Å². The number of amides is 1. The lowest BCUT2D eigenvalue weighted by Gasteiger charge is -2.19. The molecule has 0 radical (unpaired) electrons. The van der Waals surface area contributed by atoms with Crippen LogP contribution < -0.4 is 5.32 Å². The topological polar surface area (TPSA) is 64.6 Å². The molecular weight excluding hydrogens is 270 g/mol. The van der Waals surface area contributed by atoms with Gasteiger partial charge in [0.25, 0.3) is 0 Å². The molecule has 1 aromatic rings. The molecule has 0 spiro atoms. The molecule has 1 aromatic carbocycles. The van der Waals surface area contributed by atoms with E-state index in [2.05, 4.69) is 10.1 Å². The average molecular weight is 293 g/mol. The summed E-state index contributed by atoms with van der Waals surface area (Å²) >= 11 is 0. The third-order valence-corrected chi connectivity index (χ3v) is 2.67. The molecule has 0 unspecified atom stereocenters. The first-order valence-corrected chi connectivity index (χ1v) is 6.96. The third-order valence-electron chi connectivity index (χ3n) is 2.67. The Balaban J connectivity index is 2.43. The highest BCUT2D eigenvalue weighted by Crippen LogP contribution is 2.14. The number of ether oxygens (including phenoxy) is 2. The van der Waals surface area contributed by atoms with E-state index in [-0.39, 0.29) is 5.97 Å². The number of anilines is 1. The van der Waals surface area contributed by atoms with Crippen molar-refractivity contribution in [3.8, 4) is 0 Å². The highest BCUT2D eigenvalue weighted by Gasteiger charge is 2.16. The molecule has 0 heterocycles. The van der Waals surface area contributed by atoms with Gasteiger partial charge in [0, 0.05) is 12.1 Å². The van der Waals surface area contributed by atoms with Crippen LogP contribution in [-0.4, -0.2) is 24.8 Å². The third kappa shape index (κ3) is 7.34. The summed E-state index contributed by atoms with van der Waals surface area (Å²) in [6.45, 7) is 5.45. The number of hydrogen-bond acceptors (Lipinski definition) is 4.